The molecule has 3 heterocycles. The molecule has 32 heavy (non-hydrogen) atoms. The van der Waals surface area contributed by atoms with E-state index in [4.69, 9.17) is 17.2 Å². The third kappa shape index (κ3) is 3.88. The number of aryl methyl sites for hydroxylation is 1. The van der Waals surface area contributed by atoms with E-state index in [0.717, 1.165) is 15.3 Å². The molecule has 1 saturated carbocycles. The molecule has 3 aromatic rings. The van der Waals surface area contributed by atoms with Crippen molar-refractivity contribution < 1.29 is 0 Å². The number of hydrogen-bond donors (Lipinski definition) is 1. The lowest BCUT2D eigenvalue weighted by Gasteiger charge is -2.37. The number of halogens is 1. The van der Waals surface area contributed by atoms with Crippen molar-refractivity contribution in [1.29, 1.82) is 0 Å². The van der Waals surface area contributed by atoms with Gasteiger partial charge in [-0.15, -0.1) is 0 Å². The molecule has 0 bridgehead atoms. The van der Waals surface area contributed by atoms with E-state index in [-0.39, 0.29) is 12.1 Å². The van der Waals surface area contributed by atoms with Crippen LogP contribution in [0.2, 0.25) is 0 Å². The summed E-state index contributed by atoms with van der Waals surface area (Å²) < 4.78 is 3.44. The zero-order valence-corrected chi connectivity index (χ0v) is 21.0. The molecule has 2 aliphatic rings. The second kappa shape index (κ2) is 8.99. The van der Waals surface area contributed by atoms with Gasteiger partial charge >= 0.3 is 0 Å². The minimum Gasteiger partial charge on any atom is -0.352 e. The second-order valence-corrected chi connectivity index (χ2v) is 10.3. The quantitative estimate of drug-likeness (QED) is 0.404. The SMILES string of the molecule is Cc1cc([C@H]2[C@@H](c3ccccn3)NC(=S)N2C2CCCCC2)c(C)n1-c1cccc(Br)c1. The van der Waals surface area contributed by atoms with Crippen molar-refractivity contribution in [2.24, 2.45) is 0 Å². The highest BCUT2D eigenvalue weighted by Crippen LogP contribution is 2.44. The molecule has 1 saturated heterocycles. The van der Waals surface area contributed by atoms with Gasteiger partial charge < -0.3 is 14.8 Å². The van der Waals surface area contributed by atoms with Crippen molar-refractivity contribution in [3.05, 3.63) is 81.8 Å². The highest BCUT2D eigenvalue weighted by Gasteiger charge is 2.44. The van der Waals surface area contributed by atoms with Crippen molar-refractivity contribution in [2.45, 2.75) is 64.1 Å². The molecule has 4 nitrogen and oxygen atoms in total. The smallest absolute Gasteiger partial charge is 0.170 e. The zero-order chi connectivity index (χ0) is 22.2. The Balaban J connectivity index is 1.63. The van der Waals surface area contributed by atoms with Crippen LogP contribution in [0.3, 0.4) is 0 Å². The van der Waals surface area contributed by atoms with E-state index in [1.807, 2.05) is 12.3 Å². The third-order valence-electron chi connectivity index (χ3n) is 6.96. The van der Waals surface area contributed by atoms with Crippen LogP contribution >= 0.6 is 28.1 Å². The number of nitrogens with one attached hydrogen (secondary N) is 1. The van der Waals surface area contributed by atoms with Crippen LogP contribution in [0.1, 0.15) is 66.8 Å². The van der Waals surface area contributed by atoms with Gasteiger partial charge in [0.25, 0.3) is 0 Å². The summed E-state index contributed by atoms with van der Waals surface area (Å²) in [5.74, 6) is 0. The van der Waals surface area contributed by atoms with Crippen molar-refractivity contribution in [1.82, 2.24) is 19.8 Å². The highest BCUT2D eigenvalue weighted by atomic mass is 79.9. The lowest BCUT2D eigenvalue weighted by atomic mass is 9.90. The minimum absolute atomic E-state index is 0.0436. The fourth-order valence-electron chi connectivity index (χ4n) is 5.55. The Hall–Kier alpha value is -2.18. The van der Waals surface area contributed by atoms with Gasteiger partial charge in [-0.1, -0.05) is 47.3 Å². The largest absolute Gasteiger partial charge is 0.352 e. The average Bonchev–Trinajstić information content (AvgIpc) is 3.30. The van der Waals surface area contributed by atoms with Crippen molar-refractivity contribution in [2.75, 3.05) is 0 Å². The molecule has 0 spiro atoms. The van der Waals surface area contributed by atoms with Gasteiger partial charge in [-0.2, -0.15) is 0 Å². The summed E-state index contributed by atoms with van der Waals surface area (Å²) in [7, 11) is 0. The molecule has 0 amide bonds. The van der Waals surface area contributed by atoms with Gasteiger partial charge in [0.2, 0.25) is 0 Å². The van der Waals surface area contributed by atoms with E-state index in [1.54, 1.807) is 0 Å². The highest BCUT2D eigenvalue weighted by molar-refractivity contribution is 9.10. The molecule has 5 rings (SSSR count). The molecule has 2 atom stereocenters. The molecule has 2 aromatic heterocycles. The molecular formula is C26H29BrN4S. The minimum atomic E-state index is 0.0436. The average molecular weight is 510 g/mol. The maximum Gasteiger partial charge on any atom is 0.170 e. The first-order valence-corrected chi connectivity index (χ1v) is 12.7. The summed E-state index contributed by atoms with van der Waals surface area (Å²) in [4.78, 5) is 7.22. The van der Waals surface area contributed by atoms with Gasteiger partial charge in [0, 0.05) is 33.8 Å². The second-order valence-electron chi connectivity index (χ2n) is 8.97. The monoisotopic (exact) mass is 508 g/mol. The summed E-state index contributed by atoms with van der Waals surface area (Å²) in [6.45, 7) is 4.43. The number of thiocarbonyl (C=S) groups is 1. The predicted octanol–water partition coefficient (Wildman–Crippen LogP) is 6.56. The van der Waals surface area contributed by atoms with Crippen molar-refractivity contribution >= 4 is 33.3 Å². The maximum absolute atomic E-state index is 5.94. The van der Waals surface area contributed by atoms with Crippen LogP contribution in [0.5, 0.6) is 0 Å². The molecule has 6 heteroatoms. The van der Waals surface area contributed by atoms with Crippen LogP contribution in [-0.4, -0.2) is 25.6 Å². The van der Waals surface area contributed by atoms with Gasteiger partial charge in [-0.05, 0) is 80.9 Å². The molecular weight excluding hydrogens is 480 g/mol. The van der Waals surface area contributed by atoms with E-state index in [1.165, 1.54) is 54.7 Å². The molecule has 1 aliphatic heterocycles. The first kappa shape index (κ1) is 21.7. The zero-order valence-electron chi connectivity index (χ0n) is 18.6. The summed E-state index contributed by atoms with van der Waals surface area (Å²) in [5.41, 5.74) is 6.05. The van der Waals surface area contributed by atoms with E-state index < -0.39 is 0 Å². The normalized spacial score (nSPS) is 21.7. The lowest BCUT2D eigenvalue weighted by Crippen LogP contribution is -2.40. The van der Waals surface area contributed by atoms with Gasteiger partial charge in [-0.25, -0.2) is 0 Å². The molecule has 2 fully saturated rings. The first-order valence-electron chi connectivity index (χ1n) is 11.5. The predicted molar refractivity (Wildman–Crippen MR) is 137 cm³/mol. The van der Waals surface area contributed by atoms with Crippen molar-refractivity contribution in [3.8, 4) is 5.69 Å². The number of nitrogens with zero attached hydrogens (tertiary/aromatic N) is 3. The molecule has 1 aliphatic carbocycles. The van der Waals surface area contributed by atoms with Crippen LogP contribution in [0, 0.1) is 13.8 Å². The number of aromatic nitrogens is 2. The lowest BCUT2D eigenvalue weighted by molar-refractivity contribution is 0.197. The number of pyridine rings is 1. The fourth-order valence-corrected chi connectivity index (χ4v) is 6.33. The number of rotatable bonds is 4. The summed E-state index contributed by atoms with van der Waals surface area (Å²) in [6, 6.07) is 17.7. The van der Waals surface area contributed by atoms with Gasteiger partial charge in [0.05, 0.1) is 17.8 Å². The Morgan fingerprint density at radius 2 is 1.84 bits per heavy atom. The first-order chi connectivity index (χ1) is 15.5. The van der Waals surface area contributed by atoms with Crippen LogP contribution in [-0.2, 0) is 0 Å². The summed E-state index contributed by atoms with van der Waals surface area (Å²) >= 11 is 9.58. The molecule has 1 aromatic carbocycles. The van der Waals surface area contributed by atoms with E-state index >= 15 is 0 Å². The van der Waals surface area contributed by atoms with Crippen LogP contribution < -0.4 is 5.32 Å². The Bertz CT molecular complexity index is 1120. The fraction of sp³-hybridized carbons (Fsp3) is 0.385. The van der Waals surface area contributed by atoms with Gasteiger partial charge in [0.1, 0.15) is 0 Å². The summed E-state index contributed by atoms with van der Waals surface area (Å²) in [5, 5.41) is 4.51. The third-order valence-corrected chi connectivity index (χ3v) is 7.78. The standard InChI is InChI=1S/C26H29BrN4S/c1-17-15-22(18(2)30(17)21-12-8-9-19(27)16-21)25-24(23-13-6-7-14-28-23)29-26(32)31(25)20-10-4-3-5-11-20/h6-9,12-16,20,24-25H,3-5,10-11H2,1-2H3,(H,29,32)/t24-,25+/m1/s1. The van der Waals surface area contributed by atoms with E-state index in [0.29, 0.717) is 6.04 Å². The number of benzene rings is 1. The van der Waals surface area contributed by atoms with Crippen molar-refractivity contribution in [3.63, 3.8) is 0 Å². The van der Waals surface area contributed by atoms with E-state index in [2.05, 4.69) is 87.0 Å². The summed E-state index contributed by atoms with van der Waals surface area (Å²) in [6.07, 6.45) is 8.18. The van der Waals surface area contributed by atoms with E-state index in [9.17, 15) is 0 Å². The number of hydrogen-bond acceptors (Lipinski definition) is 2. The topological polar surface area (TPSA) is 33.1 Å². The molecule has 0 unspecified atom stereocenters. The van der Waals surface area contributed by atoms with Crippen LogP contribution in [0.4, 0.5) is 0 Å². The molecule has 166 valence electrons. The molecule has 0 radical (unpaired) electrons. The van der Waals surface area contributed by atoms with Crippen LogP contribution in [0.25, 0.3) is 5.69 Å². The van der Waals surface area contributed by atoms with Gasteiger partial charge in [0.15, 0.2) is 5.11 Å². The Morgan fingerprint density at radius 1 is 1.03 bits per heavy atom. The Kier molecular flexibility index (Phi) is 6.08. The van der Waals surface area contributed by atoms with Crippen LogP contribution in [0.15, 0.2) is 59.2 Å². The Morgan fingerprint density at radius 3 is 2.56 bits per heavy atom. The maximum atomic E-state index is 5.94. The molecule has 1 N–H and O–H groups in total. The Labute approximate surface area is 204 Å². The van der Waals surface area contributed by atoms with Gasteiger partial charge in [-0.3, -0.25) is 4.98 Å².